The van der Waals surface area contributed by atoms with Crippen molar-refractivity contribution in [1.29, 1.82) is 0 Å². The summed E-state index contributed by atoms with van der Waals surface area (Å²) in [6.45, 7) is 5.54. The van der Waals surface area contributed by atoms with Crippen LogP contribution in [0.5, 0.6) is 0 Å². The summed E-state index contributed by atoms with van der Waals surface area (Å²) in [4.78, 5) is 16.3. The van der Waals surface area contributed by atoms with Gasteiger partial charge >= 0.3 is 0 Å². The number of amides is 1. The molecule has 0 bridgehead atoms. The van der Waals surface area contributed by atoms with E-state index in [9.17, 15) is 13.2 Å². The highest BCUT2D eigenvalue weighted by Gasteiger charge is 2.33. The summed E-state index contributed by atoms with van der Waals surface area (Å²) in [5, 5.41) is 0. The van der Waals surface area contributed by atoms with E-state index in [1.54, 1.807) is 4.90 Å². The van der Waals surface area contributed by atoms with Gasteiger partial charge in [0.15, 0.2) is 9.84 Å². The summed E-state index contributed by atoms with van der Waals surface area (Å²) in [7, 11) is -2.92. The Kier molecular flexibility index (Phi) is 4.84. The van der Waals surface area contributed by atoms with Crippen LogP contribution in [-0.4, -0.2) is 67.9 Å². The van der Waals surface area contributed by atoms with E-state index in [1.807, 2.05) is 6.92 Å². The van der Waals surface area contributed by atoms with Crippen molar-refractivity contribution >= 4 is 15.7 Å². The van der Waals surface area contributed by atoms with Crippen LogP contribution in [0.1, 0.15) is 32.6 Å². The van der Waals surface area contributed by atoms with Crippen LogP contribution >= 0.6 is 0 Å². The van der Waals surface area contributed by atoms with Crippen LogP contribution in [0, 0.1) is 0 Å². The van der Waals surface area contributed by atoms with Crippen molar-refractivity contribution in [3.05, 3.63) is 0 Å². The molecule has 0 saturated carbocycles. The Morgan fingerprint density at radius 1 is 1.32 bits per heavy atom. The molecule has 2 fully saturated rings. The molecule has 1 unspecified atom stereocenters. The molecule has 0 radical (unpaired) electrons. The minimum atomic E-state index is -2.92. The van der Waals surface area contributed by atoms with Crippen molar-refractivity contribution in [3.63, 3.8) is 0 Å². The Balaban J connectivity index is 1.84. The fourth-order valence-electron chi connectivity index (χ4n) is 3.06. The van der Waals surface area contributed by atoms with Crippen molar-refractivity contribution in [2.24, 2.45) is 0 Å². The van der Waals surface area contributed by atoms with Crippen LogP contribution in [0.25, 0.3) is 0 Å². The highest BCUT2D eigenvalue weighted by molar-refractivity contribution is 7.91. The molecule has 6 heteroatoms. The van der Waals surface area contributed by atoms with Gasteiger partial charge in [-0.25, -0.2) is 8.42 Å². The first-order valence-corrected chi connectivity index (χ1v) is 9.06. The lowest BCUT2D eigenvalue weighted by molar-refractivity contribution is -0.133. The largest absolute Gasteiger partial charge is 0.339 e. The van der Waals surface area contributed by atoms with Gasteiger partial charge in [0.05, 0.1) is 11.5 Å². The molecule has 2 aliphatic heterocycles. The predicted octanol–water partition coefficient (Wildman–Crippen LogP) is 0.508. The Morgan fingerprint density at radius 2 is 2.00 bits per heavy atom. The highest BCUT2D eigenvalue weighted by atomic mass is 32.2. The molecule has 0 spiro atoms. The number of hydrogen-bond donors (Lipinski definition) is 0. The summed E-state index contributed by atoms with van der Waals surface area (Å²) >= 11 is 0. The van der Waals surface area contributed by atoms with E-state index < -0.39 is 9.84 Å². The fourth-order valence-corrected chi connectivity index (χ4v) is 4.79. The molecule has 2 aliphatic rings. The maximum atomic E-state index is 12.2. The van der Waals surface area contributed by atoms with Gasteiger partial charge in [-0.2, -0.15) is 0 Å². The quantitative estimate of drug-likeness (QED) is 0.739. The number of sulfone groups is 1. The second-order valence-electron chi connectivity index (χ2n) is 5.54. The summed E-state index contributed by atoms with van der Waals surface area (Å²) < 4.78 is 23.0. The maximum Gasteiger partial charge on any atom is 0.224 e. The zero-order chi connectivity index (χ0) is 13.9. The van der Waals surface area contributed by atoms with E-state index in [4.69, 9.17) is 0 Å². The summed E-state index contributed by atoms with van der Waals surface area (Å²) in [6.07, 6.45) is 3.58. The third-order valence-electron chi connectivity index (χ3n) is 4.15. The van der Waals surface area contributed by atoms with Gasteiger partial charge in [0.25, 0.3) is 0 Å². The minimum Gasteiger partial charge on any atom is -0.339 e. The van der Waals surface area contributed by atoms with Crippen LogP contribution in [0.2, 0.25) is 0 Å². The smallest absolute Gasteiger partial charge is 0.224 e. The van der Waals surface area contributed by atoms with Gasteiger partial charge in [-0.3, -0.25) is 4.79 Å². The lowest BCUT2D eigenvalue weighted by atomic mass is 10.2. The third-order valence-corrected chi connectivity index (χ3v) is 5.90. The number of rotatable bonds is 5. The second kappa shape index (κ2) is 6.22. The molecule has 2 heterocycles. The van der Waals surface area contributed by atoms with Crippen molar-refractivity contribution < 1.29 is 13.2 Å². The number of nitrogens with zero attached hydrogens (tertiary/aromatic N) is 2. The number of hydrogen-bond acceptors (Lipinski definition) is 4. The standard InChI is InChI=1S/C13H24N2O3S/c1-2-15(12-6-10-19(17,18)11-12)13(16)5-9-14-7-3-4-8-14/h12H,2-11H2,1H3. The summed E-state index contributed by atoms with van der Waals surface area (Å²) in [6, 6.07) is -0.0962. The molecule has 1 amide bonds. The molecule has 2 saturated heterocycles. The van der Waals surface area contributed by atoms with Crippen LogP contribution in [0.15, 0.2) is 0 Å². The molecule has 0 aliphatic carbocycles. The molecule has 110 valence electrons. The Bertz CT molecular complexity index is 416. The van der Waals surface area contributed by atoms with Gasteiger partial charge in [0.1, 0.15) is 0 Å². The first-order chi connectivity index (χ1) is 9.02. The number of likely N-dealkylation sites (tertiary alicyclic amines) is 1. The summed E-state index contributed by atoms with van der Waals surface area (Å²) in [5.74, 6) is 0.487. The SMILES string of the molecule is CCN(C(=O)CCN1CCCC1)C1CCS(=O)(=O)C1. The predicted molar refractivity (Wildman–Crippen MR) is 74.7 cm³/mol. The van der Waals surface area contributed by atoms with Gasteiger partial charge in [0.2, 0.25) is 5.91 Å². The lowest BCUT2D eigenvalue weighted by Crippen LogP contribution is -2.42. The molecule has 2 rings (SSSR count). The number of carbonyl (C=O) groups is 1. The molecule has 0 aromatic carbocycles. The summed E-state index contributed by atoms with van der Waals surface area (Å²) in [5.41, 5.74) is 0. The van der Waals surface area contributed by atoms with Crippen LogP contribution in [-0.2, 0) is 14.6 Å². The van der Waals surface area contributed by atoms with E-state index >= 15 is 0 Å². The molecule has 0 aromatic heterocycles. The third kappa shape index (κ3) is 3.92. The highest BCUT2D eigenvalue weighted by Crippen LogP contribution is 2.18. The van der Waals surface area contributed by atoms with Gasteiger partial charge < -0.3 is 9.80 Å². The van der Waals surface area contributed by atoms with Crippen molar-refractivity contribution in [2.75, 3.05) is 37.7 Å². The van der Waals surface area contributed by atoms with Gasteiger partial charge in [-0.05, 0) is 39.3 Å². The van der Waals surface area contributed by atoms with Gasteiger partial charge in [0, 0.05) is 25.6 Å². The Morgan fingerprint density at radius 3 is 2.53 bits per heavy atom. The normalized spacial score (nSPS) is 26.7. The molecule has 0 aromatic rings. The lowest BCUT2D eigenvalue weighted by Gasteiger charge is -2.27. The first-order valence-electron chi connectivity index (χ1n) is 7.24. The van der Waals surface area contributed by atoms with Crippen molar-refractivity contribution in [2.45, 2.75) is 38.6 Å². The first kappa shape index (κ1) is 14.8. The molecule has 19 heavy (non-hydrogen) atoms. The molecular weight excluding hydrogens is 264 g/mol. The van der Waals surface area contributed by atoms with Crippen LogP contribution in [0.4, 0.5) is 0 Å². The van der Waals surface area contributed by atoms with E-state index in [1.165, 1.54) is 12.8 Å². The Labute approximate surface area is 115 Å². The zero-order valence-corrected chi connectivity index (χ0v) is 12.5. The second-order valence-corrected chi connectivity index (χ2v) is 7.76. The van der Waals surface area contributed by atoms with E-state index in [0.717, 1.165) is 19.6 Å². The van der Waals surface area contributed by atoms with Crippen LogP contribution in [0.3, 0.4) is 0 Å². The zero-order valence-electron chi connectivity index (χ0n) is 11.7. The van der Waals surface area contributed by atoms with E-state index in [0.29, 0.717) is 19.4 Å². The molecular formula is C13H24N2O3S. The number of carbonyl (C=O) groups excluding carboxylic acids is 1. The van der Waals surface area contributed by atoms with E-state index in [2.05, 4.69) is 4.90 Å². The van der Waals surface area contributed by atoms with Gasteiger partial charge in [-0.15, -0.1) is 0 Å². The molecule has 5 nitrogen and oxygen atoms in total. The topological polar surface area (TPSA) is 57.7 Å². The van der Waals surface area contributed by atoms with Crippen molar-refractivity contribution in [3.8, 4) is 0 Å². The Hall–Kier alpha value is -0.620. The average molecular weight is 288 g/mol. The van der Waals surface area contributed by atoms with E-state index in [-0.39, 0.29) is 23.5 Å². The molecule has 1 atom stereocenters. The van der Waals surface area contributed by atoms with Crippen molar-refractivity contribution in [1.82, 2.24) is 9.80 Å². The maximum absolute atomic E-state index is 12.2. The fraction of sp³-hybridized carbons (Fsp3) is 0.923. The minimum absolute atomic E-state index is 0.0962. The molecule has 0 N–H and O–H groups in total. The average Bonchev–Trinajstić information content (AvgIpc) is 2.97. The van der Waals surface area contributed by atoms with Crippen LogP contribution < -0.4 is 0 Å². The van der Waals surface area contributed by atoms with Gasteiger partial charge in [-0.1, -0.05) is 0 Å². The monoisotopic (exact) mass is 288 g/mol.